The van der Waals surface area contributed by atoms with Gasteiger partial charge >= 0.3 is 0 Å². The van der Waals surface area contributed by atoms with Crippen molar-refractivity contribution in [3.8, 4) is 0 Å². The molecule has 96 valence electrons. The second-order valence-corrected chi connectivity index (χ2v) is 13.5. The monoisotopic (exact) mass is 289 g/mol. The average molecular weight is 290 g/mol. The first-order chi connectivity index (χ1) is 8.04. The lowest BCUT2D eigenvalue weighted by Crippen LogP contribution is -2.36. The molecule has 1 aliphatic rings. The maximum atomic E-state index is 5.34. The Balaban J connectivity index is 1.91. The van der Waals surface area contributed by atoms with Crippen molar-refractivity contribution in [1.29, 1.82) is 0 Å². The van der Waals surface area contributed by atoms with Crippen LogP contribution in [-0.4, -0.2) is 50.0 Å². The number of aromatic nitrogens is 2. The van der Waals surface area contributed by atoms with Gasteiger partial charge in [-0.3, -0.25) is 0 Å². The zero-order valence-corrected chi connectivity index (χ0v) is 13.2. The first-order valence-corrected chi connectivity index (χ1v) is 11.3. The van der Waals surface area contributed by atoms with Crippen LogP contribution in [0.15, 0.2) is 4.34 Å². The molecule has 0 aromatic carbocycles. The highest BCUT2D eigenvalue weighted by molar-refractivity contribution is 8.02. The first-order valence-electron chi connectivity index (χ1n) is 5.84. The Labute approximate surface area is 112 Å². The van der Waals surface area contributed by atoms with Gasteiger partial charge in [0.2, 0.25) is 5.13 Å². The minimum atomic E-state index is -1.00. The first kappa shape index (κ1) is 13.3. The second-order valence-electron chi connectivity index (χ2n) is 5.30. The zero-order chi connectivity index (χ0) is 12.3. The lowest BCUT2D eigenvalue weighted by molar-refractivity contribution is 0.122. The van der Waals surface area contributed by atoms with Crippen LogP contribution in [0.2, 0.25) is 19.6 Å². The summed E-state index contributed by atoms with van der Waals surface area (Å²) < 4.78 is 6.44. The number of morpholine rings is 1. The van der Waals surface area contributed by atoms with Crippen molar-refractivity contribution in [3.05, 3.63) is 0 Å². The van der Waals surface area contributed by atoms with Crippen molar-refractivity contribution in [1.82, 2.24) is 10.2 Å². The summed E-state index contributed by atoms with van der Waals surface area (Å²) in [6, 6.07) is 0. The quantitative estimate of drug-likeness (QED) is 0.628. The molecule has 2 heterocycles. The van der Waals surface area contributed by atoms with Crippen LogP contribution in [0.3, 0.4) is 0 Å². The standard InChI is InChI=1S/C10H19N3OS2Si/c1-17(2,3)8-15-10-12-11-9(16-10)13-4-6-14-7-5-13/h4-8H2,1-3H3. The molecule has 0 N–H and O–H groups in total. The molecule has 1 fully saturated rings. The fourth-order valence-corrected chi connectivity index (χ4v) is 5.37. The molecule has 0 aliphatic carbocycles. The number of anilines is 1. The normalized spacial score (nSPS) is 17.5. The van der Waals surface area contributed by atoms with Crippen LogP contribution in [0.25, 0.3) is 0 Å². The minimum Gasteiger partial charge on any atom is -0.378 e. The third kappa shape index (κ3) is 4.24. The summed E-state index contributed by atoms with van der Waals surface area (Å²) >= 11 is 3.57. The van der Waals surface area contributed by atoms with Gasteiger partial charge in [0, 0.05) is 13.1 Å². The van der Waals surface area contributed by atoms with Crippen LogP contribution in [0.1, 0.15) is 0 Å². The highest BCUT2D eigenvalue weighted by Gasteiger charge is 2.18. The smallest absolute Gasteiger partial charge is 0.209 e. The van der Waals surface area contributed by atoms with Gasteiger partial charge in [0.15, 0.2) is 4.34 Å². The van der Waals surface area contributed by atoms with E-state index in [1.807, 2.05) is 11.8 Å². The molecule has 1 aliphatic heterocycles. The summed E-state index contributed by atoms with van der Waals surface area (Å²) in [5.41, 5.74) is 0. The summed E-state index contributed by atoms with van der Waals surface area (Å²) in [5.74, 6) is 0. The highest BCUT2D eigenvalue weighted by atomic mass is 32.2. The van der Waals surface area contributed by atoms with Crippen LogP contribution in [-0.2, 0) is 4.74 Å². The zero-order valence-electron chi connectivity index (χ0n) is 10.6. The molecule has 0 amide bonds. The van der Waals surface area contributed by atoms with E-state index in [2.05, 4.69) is 34.7 Å². The van der Waals surface area contributed by atoms with Crippen LogP contribution in [0, 0.1) is 0 Å². The van der Waals surface area contributed by atoms with E-state index >= 15 is 0 Å². The van der Waals surface area contributed by atoms with E-state index < -0.39 is 8.07 Å². The van der Waals surface area contributed by atoms with E-state index in [1.165, 1.54) is 5.38 Å². The Bertz CT molecular complexity index is 361. The van der Waals surface area contributed by atoms with Gasteiger partial charge in [0.05, 0.1) is 21.3 Å². The Morgan fingerprint density at radius 2 is 2.00 bits per heavy atom. The SMILES string of the molecule is C[Si](C)(C)CSc1nnc(N2CCOCC2)s1. The van der Waals surface area contributed by atoms with Gasteiger partial charge in [0.25, 0.3) is 0 Å². The van der Waals surface area contributed by atoms with Crippen molar-refractivity contribution >= 4 is 36.3 Å². The van der Waals surface area contributed by atoms with Crippen LogP contribution in [0.5, 0.6) is 0 Å². The van der Waals surface area contributed by atoms with Gasteiger partial charge in [-0.15, -0.1) is 10.2 Å². The summed E-state index contributed by atoms with van der Waals surface area (Å²) in [4.78, 5) is 2.26. The molecule has 0 atom stereocenters. The number of hydrogen-bond acceptors (Lipinski definition) is 6. The van der Waals surface area contributed by atoms with Crippen molar-refractivity contribution < 1.29 is 4.74 Å². The number of ether oxygens (including phenoxy) is 1. The Kier molecular flexibility index (Phi) is 4.45. The van der Waals surface area contributed by atoms with Crippen molar-refractivity contribution in [2.75, 3.05) is 36.6 Å². The summed E-state index contributed by atoms with van der Waals surface area (Å²) in [5, 5.41) is 10.8. The largest absolute Gasteiger partial charge is 0.378 e. The third-order valence-corrected chi connectivity index (χ3v) is 8.06. The molecule has 1 aromatic heterocycles. The molecule has 4 nitrogen and oxygen atoms in total. The van der Waals surface area contributed by atoms with Gasteiger partial charge in [-0.25, -0.2) is 0 Å². The topological polar surface area (TPSA) is 38.2 Å². The average Bonchev–Trinajstić information content (AvgIpc) is 2.75. The number of hydrogen-bond donors (Lipinski definition) is 0. The van der Waals surface area contributed by atoms with E-state index in [0.29, 0.717) is 0 Å². The molecule has 0 unspecified atom stereocenters. The Hall–Kier alpha value is -0.113. The van der Waals surface area contributed by atoms with Gasteiger partial charge in [-0.1, -0.05) is 42.7 Å². The summed E-state index contributed by atoms with van der Waals surface area (Å²) in [6.07, 6.45) is 0. The molecule has 7 heteroatoms. The van der Waals surface area contributed by atoms with Crippen LogP contribution >= 0.6 is 23.1 Å². The van der Waals surface area contributed by atoms with Gasteiger partial charge < -0.3 is 9.64 Å². The Morgan fingerprint density at radius 3 is 2.65 bits per heavy atom. The maximum absolute atomic E-state index is 5.34. The van der Waals surface area contributed by atoms with Crippen molar-refractivity contribution in [2.24, 2.45) is 0 Å². The number of rotatable bonds is 4. The van der Waals surface area contributed by atoms with Crippen molar-refractivity contribution in [3.63, 3.8) is 0 Å². The highest BCUT2D eigenvalue weighted by Crippen LogP contribution is 2.29. The fraction of sp³-hybridized carbons (Fsp3) is 0.800. The number of nitrogens with zero attached hydrogens (tertiary/aromatic N) is 3. The minimum absolute atomic E-state index is 0.803. The molecule has 17 heavy (non-hydrogen) atoms. The summed E-state index contributed by atoms with van der Waals surface area (Å²) in [6.45, 7) is 10.6. The lowest BCUT2D eigenvalue weighted by Gasteiger charge is -2.25. The molecular weight excluding hydrogens is 270 g/mol. The Morgan fingerprint density at radius 1 is 1.29 bits per heavy atom. The predicted octanol–water partition coefficient (Wildman–Crippen LogP) is 2.34. The van der Waals surface area contributed by atoms with Gasteiger partial charge in [-0.2, -0.15) is 0 Å². The molecule has 2 rings (SSSR count). The fourth-order valence-electron chi connectivity index (χ4n) is 1.42. The van der Waals surface area contributed by atoms with Gasteiger partial charge in [0.1, 0.15) is 0 Å². The second kappa shape index (κ2) is 5.68. The molecule has 0 radical (unpaired) electrons. The molecule has 0 bridgehead atoms. The van der Waals surface area contributed by atoms with Crippen molar-refractivity contribution in [2.45, 2.75) is 24.0 Å². The number of thioether (sulfide) groups is 1. The molecule has 0 saturated carbocycles. The van der Waals surface area contributed by atoms with E-state index in [-0.39, 0.29) is 0 Å². The van der Waals surface area contributed by atoms with Crippen LogP contribution in [0.4, 0.5) is 5.13 Å². The molecule has 1 saturated heterocycles. The van der Waals surface area contributed by atoms with Crippen LogP contribution < -0.4 is 4.90 Å². The molecule has 0 spiro atoms. The lowest BCUT2D eigenvalue weighted by atomic mass is 10.5. The summed E-state index contributed by atoms with van der Waals surface area (Å²) in [7, 11) is -1.00. The maximum Gasteiger partial charge on any atom is 0.209 e. The third-order valence-electron chi connectivity index (χ3n) is 2.31. The van der Waals surface area contributed by atoms with E-state index in [4.69, 9.17) is 4.74 Å². The molecular formula is C10H19N3OS2Si. The van der Waals surface area contributed by atoms with E-state index in [0.717, 1.165) is 35.8 Å². The molecule has 1 aromatic rings. The van der Waals surface area contributed by atoms with E-state index in [1.54, 1.807) is 11.3 Å². The predicted molar refractivity (Wildman–Crippen MR) is 77.0 cm³/mol. The van der Waals surface area contributed by atoms with Gasteiger partial charge in [-0.05, 0) is 5.38 Å². The van der Waals surface area contributed by atoms with E-state index in [9.17, 15) is 0 Å².